The first kappa shape index (κ1) is 12.8. The van der Waals surface area contributed by atoms with Crippen LogP contribution in [0.4, 0.5) is 4.39 Å². The third-order valence-electron chi connectivity index (χ3n) is 3.26. The summed E-state index contributed by atoms with van der Waals surface area (Å²) in [4.78, 5) is 2.40. The van der Waals surface area contributed by atoms with E-state index in [2.05, 4.69) is 10.2 Å². The zero-order valence-electron chi connectivity index (χ0n) is 9.88. The van der Waals surface area contributed by atoms with Crippen molar-refractivity contribution in [2.75, 3.05) is 32.7 Å². The number of nitrogens with one attached hydrogen (secondary N) is 1. The number of nitrogens with zero attached hydrogens (tertiary/aromatic N) is 1. The van der Waals surface area contributed by atoms with Crippen LogP contribution in [-0.4, -0.2) is 37.6 Å². The Morgan fingerprint density at radius 3 is 2.76 bits per heavy atom. The molecular weight excluding hydrogens is 239 g/mol. The van der Waals surface area contributed by atoms with Crippen LogP contribution in [0.5, 0.6) is 0 Å². The molecule has 2 rings (SSSR count). The summed E-state index contributed by atoms with van der Waals surface area (Å²) in [6.07, 6.45) is 0.875. The highest BCUT2D eigenvalue weighted by Crippen LogP contribution is 2.21. The molecule has 0 saturated carbocycles. The molecule has 0 aromatic heterocycles. The lowest BCUT2D eigenvalue weighted by Gasteiger charge is -2.27. The van der Waals surface area contributed by atoms with E-state index in [1.165, 1.54) is 0 Å². The molecule has 94 valence electrons. The first-order valence-electron chi connectivity index (χ1n) is 6.06. The van der Waals surface area contributed by atoms with Crippen molar-refractivity contribution in [3.05, 3.63) is 34.3 Å². The van der Waals surface area contributed by atoms with Crippen LogP contribution in [0.25, 0.3) is 0 Å². The highest BCUT2D eigenvalue weighted by molar-refractivity contribution is 6.31. The summed E-state index contributed by atoms with van der Waals surface area (Å²) in [5, 5.41) is 3.87. The Hall–Kier alpha value is -0.640. The summed E-state index contributed by atoms with van der Waals surface area (Å²) < 4.78 is 12.9. The van der Waals surface area contributed by atoms with Gasteiger partial charge in [-0.25, -0.2) is 4.39 Å². The Bertz CT molecular complexity index is 364. The first-order valence-corrected chi connectivity index (χ1v) is 6.44. The molecule has 0 spiro atoms. The minimum Gasteiger partial charge on any atom is -0.314 e. The highest BCUT2D eigenvalue weighted by Gasteiger charge is 2.11. The summed E-state index contributed by atoms with van der Waals surface area (Å²) >= 11 is 5.99. The first-order chi connectivity index (χ1) is 8.31. The topological polar surface area (TPSA) is 15.3 Å². The number of hydrogen-bond donors (Lipinski definition) is 1. The van der Waals surface area contributed by atoms with Crippen molar-refractivity contribution in [2.45, 2.75) is 13.1 Å². The van der Waals surface area contributed by atoms with Crippen LogP contribution in [0.2, 0.25) is 5.02 Å². The number of rotatable bonds is 4. The van der Waals surface area contributed by atoms with Crippen molar-refractivity contribution in [2.24, 2.45) is 0 Å². The maximum absolute atomic E-state index is 12.9. The lowest BCUT2D eigenvalue weighted by molar-refractivity contribution is 0.243. The highest BCUT2D eigenvalue weighted by atomic mass is 35.5. The fourth-order valence-corrected chi connectivity index (χ4v) is 2.45. The molecule has 4 heteroatoms. The van der Waals surface area contributed by atoms with Crippen LogP contribution in [0.15, 0.2) is 18.2 Å². The number of alkyl halides is 1. The molecule has 0 aliphatic carbocycles. The van der Waals surface area contributed by atoms with E-state index < -0.39 is 6.67 Å². The molecule has 0 bridgehead atoms. The Kier molecular flexibility index (Phi) is 4.77. The van der Waals surface area contributed by atoms with E-state index in [0.29, 0.717) is 10.6 Å². The molecule has 1 aromatic carbocycles. The average Bonchev–Trinajstić information content (AvgIpc) is 2.37. The Balaban J connectivity index is 1.95. The molecule has 1 aliphatic rings. The number of benzene rings is 1. The monoisotopic (exact) mass is 256 g/mol. The second kappa shape index (κ2) is 6.34. The zero-order valence-corrected chi connectivity index (χ0v) is 10.6. The summed E-state index contributed by atoms with van der Waals surface area (Å²) in [5.41, 5.74) is 1.70. The van der Waals surface area contributed by atoms with Crippen molar-refractivity contribution in [3.8, 4) is 0 Å². The second-order valence-electron chi connectivity index (χ2n) is 4.35. The molecule has 0 unspecified atom stereocenters. The van der Waals surface area contributed by atoms with Crippen molar-refractivity contribution in [1.82, 2.24) is 10.2 Å². The predicted molar refractivity (Wildman–Crippen MR) is 69.3 cm³/mol. The van der Waals surface area contributed by atoms with Gasteiger partial charge in [0.05, 0.1) is 0 Å². The quantitative estimate of drug-likeness (QED) is 0.889. The van der Waals surface area contributed by atoms with Crippen LogP contribution >= 0.6 is 11.6 Å². The standard InChI is InChI=1S/C13H18ClFN2/c14-13-3-1-2-11(12(13)10-15)4-7-17-8-5-16-6-9-17/h1-3,16H,4-10H2. The van der Waals surface area contributed by atoms with Gasteiger partial charge < -0.3 is 10.2 Å². The van der Waals surface area contributed by atoms with Crippen LogP contribution in [0.3, 0.4) is 0 Å². The maximum Gasteiger partial charge on any atom is 0.116 e. The molecule has 17 heavy (non-hydrogen) atoms. The molecule has 2 nitrogen and oxygen atoms in total. The van der Waals surface area contributed by atoms with Crippen molar-refractivity contribution >= 4 is 11.6 Å². The molecule has 1 aromatic rings. The van der Waals surface area contributed by atoms with Gasteiger partial charge in [0, 0.05) is 43.3 Å². The molecule has 0 radical (unpaired) electrons. The van der Waals surface area contributed by atoms with Crippen LogP contribution < -0.4 is 5.32 Å². The fraction of sp³-hybridized carbons (Fsp3) is 0.538. The fourth-order valence-electron chi connectivity index (χ4n) is 2.20. The van der Waals surface area contributed by atoms with Gasteiger partial charge in [-0.1, -0.05) is 23.7 Å². The van der Waals surface area contributed by atoms with E-state index >= 15 is 0 Å². The van der Waals surface area contributed by atoms with E-state index in [-0.39, 0.29) is 0 Å². The van der Waals surface area contributed by atoms with Gasteiger partial charge in [0.25, 0.3) is 0 Å². The van der Waals surface area contributed by atoms with Crippen molar-refractivity contribution < 1.29 is 4.39 Å². The number of hydrogen-bond acceptors (Lipinski definition) is 2. The van der Waals surface area contributed by atoms with Crippen LogP contribution in [-0.2, 0) is 13.1 Å². The SMILES string of the molecule is FCc1c(Cl)cccc1CCN1CCNCC1. The Labute approximate surface area is 107 Å². The minimum atomic E-state index is -0.476. The van der Waals surface area contributed by atoms with Gasteiger partial charge in [0.2, 0.25) is 0 Å². The van der Waals surface area contributed by atoms with Gasteiger partial charge in [-0.3, -0.25) is 0 Å². The summed E-state index contributed by atoms with van der Waals surface area (Å²) in [5.74, 6) is 0. The van der Waals surface area contributed by atoms with Crippen molar-refractivity contribution in [1.29, 1.82) is 0 Å². The van der Waals surface area contributed by atoms with Gasteiger partial charge in [-0.05, 0) is 18.1 Å². The predicted octanol–water partition coefficient (Wildman–Crippen LogP) is 2.26. The third-order valence-corrected chi connectivity index (χ3v) is 3.61. The van der Waals surface area contributed by atoms with Gasteiger partial charge in [-0.15, -0.1) is 0 Å². The van der Waals surface area contributed by atoms with E-state index in [1.54, 1.807) is 6.07 Å². The lowest BCUT2D eigenvalue weighted by atomic mass is 10.0. The molecule has 0 amide bonds. The molecule has 1 N–H and O–H groups in total. The third kappa shape index (κ3) is 3.41. The molecule has 1 saturated heterocycles. The molecule has 0 atom stereocenters. The molecule has 1 aliphatic heterocycles. The van der Waals surface area contributed by atoms with Crippen LogP contribution in [0.1, 0.15) is 11.1 Å². The van der Waals surface area contributed by atoms with Crippen molar-refractivity contribution in [3.63, 3.8) is 0 Å². The normalized spacial score (nSPS) is 17.3. The minimum absolute atomic E-state index is 0.476. The Morgan fingerprint density at radius 2 is 2.06 bits per heavy atom. The maximum atomic E-state index is 12.9. The second-order valence-corrected chi connectivity index (χ2v) is 4.76. The van der Waals surface area contributed by atoms with Gasteiger partial charge >= 0.3 is 0 Å². The molecular formula is C13H18ClFN2. The van der Waals surface area contributed by atoms with Gasteiger partial charge in [0.1, 0.15) is 6.67 Å². The summed E-state index contributed by atoms with van der Waals surface area (Å²) in [6.45, 7) is 4.75. The largest absolute Gasteiger partial charge is 0.314 e. The van der Waals surface area contributed by atoms with E-state index in [4.69, 9.17) is 11.6 Å². The van der Waals surface area contributed by atoms with Gasteiger partial charge in [0.15, 0.2) is 0 Å². The number of halogens is 2. The molecule has 1 fully saturated rings. The Morgan fingerprint density at radius 1 is 1.29 bits per heavy atom. The van der Waals surface area contributed by atoms with E-state index in [1.807, 2.05) is 12.1 Å². The summed E-state index contributed by atoms with van der Waals surface area (Å²) in [7, 11) is 0. The lowest BCUT2D eigenvalue weighted by Crippen LogP contribution is -2.44. The zero-order chi connectivity index (χ0) is 12.1. The van der Waals surface area contributed by atoms with Gasteiger partial charge in [-0.2, -0.15) is 0 Å². The summed E-state index contributed by atoms with van der Waals surface area (Å²) in [6, 6.07) is 5.63. The van der Waals surface area contributed by atoms with Crippen LogP contribution in [0, 0.1) is 0 Å². The smallest absolute Gasteiger partial charge is 0.116 e. The van der Waals surface area contributed by atoms with E-state index in [0.717, 1.165) is 44.7 Å². The number of piperazine rings is 1. The molecule has 1 heterocycles. The van der Waals surface area contributed by atoms with E-state index in [9.17, 15) is 4.39 Å². The average molecular weight is 257 g/mol.